The minimum absolute atomic E-state index is 0.473. The second-order valence-corrected chi connectivity index (χ2v) is 6.65. The van der Waals surface area contributed by atoms with Crippen LogP contribution >= 0.6 is 15.9 Å². The Balaban J connectivity index is 1.45. The molecule has 1 saturated heterocycles. The lowest BCUT2D eigenvalue weighted by Crippen LogP contribution is -2.38. The van der Waals surface area contributed by atoms with Crippen LogP contribution in [0, 0.1) is 0 Å². The molecular weight excluding hydrogens is 320 g/mol. The van der Waals surface area contributed by atoms with Crippen LogP contribution in [0.2, 0.25) is 0 Å². The van der Waals surface area contributed by atoms with Crippen LogP contribution in [0.15, 0.2) is 4.73 Å². The maximum atomic E-state index is 6.21. The molecule has 3 rings (SSSR count). The Hall–Kier alpha value is -0.460. The van der Waals surface area contributed by atoms with Gasteiger partial charge in [-0.15, -0.1) is 5.10 Å². The van der Waals surface area contributed by atoms with Crippen molar-refractivity contribution in [1.82, 2.24) is 19.7 Å². The maximum absolute atomic E-state index is 6.21. The first-order valence-corrected chi connectivity index (χ1v) is 8.43. The van der Waals surface area contributed by atoms with E-state index in [2.05, 4.69) is 30.9 Å². The second-order valence-electron chi connectivity index (χ2n) is 5.94. The Bertz CT molecular complexity index is 436. The van der Waals surface area contributed by atoms with E-state index in [1.165, 1.54) is 25.7 Å². The number of rotatable bonds is 4. The van der Waals surface area contributed by atoms with E-state index in [-0.39, 0.29) is 0 Å². The zero-order chi connectivity index (χ0) is 13.9. The summed E-state index contributed by atoms with van der Waals surface area (Å²) in [6.45, 7) is 3.08. The molecule has 1 aromatic rings. The largest absolute Gasteiger partial charge is 0.375 e. The van der Waals surface area contributed by atoms with E-state index in [1.807, 2.05) is 11.7 Å². The molecule has 1 aliphatic heterocycles. The normalized spacial score (nSPS) is 22.7. The lowest BCUT2D eigenvalue weighted by Gasteiger charge is -2.32. The first-order valence-electron chi connectivity index (χ1n) is 7.64. The fourth-order valence-corrected chi connectivity index (χ4v) is 3.66. The molecule has 20 heavy (non-hydrogen) atoms. The summed E-state index contributed by atoms with van der Waals surface area (Å²) in [7, 11) is 1.95. The van der Waals surface area contributed by atoms with E-state index in [0.717, 1.165) is 38.3 Å². The number of aryl methyl sites for hydroxylation is 1. The van der Waals surface area contributed by atoms with Crippen molar-refractivity contribution in [2.24, 2.45) is 7.05 Å². The predicted molar refractivity (Wildman–Crippen MR) is 80.3 cm³/mol. The molecule has 1 aliphatic carbocycles. The van der Waals surface area contributed by atoms with Gasteiger partial charge in [-0.2, -0.15) is 0 Å². The zero-order valence-corrected chi connectivity index (χ0v) is 13.7. The molecule has 1 aromatic heterocycles. The SMILES string of the molecule is Cn1nc(Br)nc1CN1CCC(OC2CCCC2)CC1. The fourth-order valence-electron chi connectivity index (χ4n) is 3.22. The molecule has 0 atom stereocenters. The van der Waals surface area contributed by atoms with Crippen LogP contribution in [0.25, 0.3) is 0 Å². The van der Waals surface area contributed by atoms with Crippen molar-refractivity contribution in [1.29, 1.82) is 0 Å². The number of piperidine rings is 1. The molecule has 0 radical (unpaired) electrons. The van der Waals surface area contributed by atoms with Gasteiger partial charge in [-0.3, -0.25) is 9.58 Å². The third-order valence-corrected chi connectivity index (χ3v) is 4.75. The standard InChI is InChI=1S/C14H23BrN4O/c1-18-13(16-14(15)17-18)10-19-8-6-12(7-9-19)20-11-4-2-3-5-11/h11-12H,2-10H2,1H3. The van der Waals surface area contributed by atoms with E-state index in [9.17, 15) is 0 Å². The molecule has 0 aromatic carbocycles. The molecule has 0 unspecified atom stereocenters. The van der Waals surface area contributed by atoms with Crippen molar-refractivity contribution in [3.8, 4) is 0 Å². The summed E-state index contributed by atoms with van der Waals surface area (Å²) in [5, 5.41) is 4.23. The number of hydrogen-bond acceptors (Lipinski definition) is 4. The number of nitrogens with zero attached hydrogens (tertiary/aromatic N) is 4. The van der Waals surface area contributed by atoms with Crippen LogP contribution in [0.4, 0.5) is 0 Å². The van der Waals surface area contributed by atoms with Gasteiger partial charge in [0.2, 0.25) is 4.73 Å². The molecule has 2 fully saturated rings. The number of hydrogen-bond donors (Lipinski definition) is 0. The van der Waals surface area contributed by atoms with Gasteiger partial charge < -0.3 is 4.74 Å². The molecule has 1 saturated carbocycles. The van der Waals surface area contributed by atoms with E-state index in [1.54, 1.807) is 0 Å². The van der Waals surface area contributed by atoms with Crippen LogP contribution < -0.4 is 0 Å². The summed E-state index contributed by atoms with van der Waals surface area (Å²) in [6.07, 6.45) is 8.56. The van der Waals surface area contributed by atoms with Crippen LogP contribution in [-0.4, -0.2) is 45.0 Å². The number of ether oxygens (including phenoxy) is 1. The predicted octanol–water partition coefficient (Wildman–Crippen LogP) is 2.50. The monoisotopic (exact) mass is 342 g/mol. The van der Waals surface area contributed by atoms with Gasteiger partial charge in [-0.25, -0.2) is 4.98 Å². The lowest BCUT2D eigenvalue weighted by atomic mass is 10.1. The smallest absolute Gasteiger partial charge is 0.217 e. The summed E-state index contributed by atoms with van der Waals surface area (Å²) in [4.78, 5) is 6.85. The van der Waals surface area contributed by atoms with Gasteiger partial charge in [0.15, 0.2) is 0 Å². The molecular formula is C14H23BrN4O. The van der Waals surface area contributed by atoms with Crippen molar-refractivity contribution >= 4 is 15.9 Å². The first-order chi connectivity index (χ1) is 9.70. The molecule has 0 spiro atoms. The molecule has 0 amide bonds. The number of likely N-dealkylation sites (tertiary alicyclic amines) is 1. The van der Waals surface area contributed by atoms with E-state index in [4.69, 9.17) is 4.74 Å². The summed E-state index contributed by atoms with van der Waals surface area (Å²) in [5.74, 6) is 1.02. The van der Waals surface area contributed by atoms with Crippen molar-refractivity contribution < 1.29 is 4.74 Å². The molecule has 5 nitrogen and oxygen atoms in total. The average molecular weight is 343 g/mol. The number of halogens is 1. The minimum Gasteiger partial charge on any atom is -0.375 e. The van der Waals surface area contributed by atoms with E-state index >= 15 is 0 Å². The Morgan fingerprint density at radius 1 is 1.15 bits per heavy atom. The average Bonchev–Trinajstić information content (AvgIpc) is 3.03. The maximum Gasteiger partial charge on any atom is 0.217 e. The van der Waals surface area contributed by atoms with Crippen molar-refractivity contribution in [2.75, 3.05) is 13.1 Å². The fraction of sp³-hybridized carbons (Fsp3) is 0.857. The van der Waals surface area contributed by atoms with Gasteiger partial charge >= 0.3 is 0 Å². The lowest BCUT2D eigenvalue weighted by molar-refractivity contribution is -0.0403. The van der Waals surface area contributed by atoms with Gasteiger partial charge in [0.05, 0.1) is 18.8 Å². The summed E-state index contributed by atoms with van der Waals surface area (Å²) in [6, 6.07) is 0. The van der Waals surface area contributed by atoms with Gasteiger partial charge in [-0.1, -0.05) is 12.8 Å². The van der Waals surface area contributed by atoms with Crippen molar-refractivity contribution in [3.63, 3.8) is 0 Å². The molecule has 6 heteroatoms. The van der Waals surface area contributed by atoms with Crippen molar-refractivity contribution in [3.05, 3.63) is 10.6 Å². The van der Waals surface area contributed by atoms with Crippen molar-refractivity contribution in [2.45, 2.75) is 57.3 Å². The summed E-state index contributed by atoms with van der Waals surface area (Å²) < 4.78 is 8.74. The zero-order valence-electron chi connectivity index (χ0n) is 12.1. The topological polar surface area (TPSA) is 43.2 Å². The van der Waals surface area contributed by atoms with E-state index < -0.39 is 0 Å². The Morgan fingerprint density at radius 2 is 1.80 bits per heavy atom. The third kappa shape index (κ3) is 3.59. The summed E-state index contributed by atoms with van der Waals surface area (Å²) >= 11 is 3.32. The minimum atomic E-state index is 0.473. The van der Waals surface area contributed by atoms with Crippen LogP contribution in [-0.2, 0) is 18.3 Å². The molecule has 112 valence electrons. The first kappa shape index (κ1) is 14.5. The van der Waals surface area contributed by atoms with Crippen LogP contribution in [0.1, 0.15) is 44.3 Å². The van der Waals surface area contributed by atoms with Crippen LogP contribution in [0.3, 0.4) is 0 Å². The second kappa shape index (κ2) is 6.54. The third-order valence-electron chi connectivity index (χ3n) is 4.41. The molecule has 2 heterocycles. The van der Waals surface area contributed by atoms with Gasteiger partial charge in [0, 0.05) is 20.1 Å². The Morgan fingerprint density at radius 3 is 2.40 bits per heavy atom. The highest BCUT2D eigenvalue weighted by atomic mass is 79.9. The summed E-state index contributed by atoms with van der Waals surface area (Å²) in [5.41, 5.74) is 0. The highest BCUT2D eigenvalue weighted by Crippen LogP contribution is 2.25. The van der Waals surface area contributed by atoms with Gasteiger partial charge in [0.1, 0.15) is 5.82 Å². The number of aromatic nitrogens is 3. The van der Waals surface area contributed by atoms with Gasteiger partial charge in [0.25, 0.3) is 0 Å². The highest BCUT2D eigenvalue weighted by molar-refractivity contribution is 9.10. The Kier molecular flexibility index (Phi) is 4.73. The van der Waals surface area contributed by atoms with E-state index in [0.29, 0.717) is 16.9 Å². The van der Waals surface area contributed by atoms with Crippen LogP contribution in [0.5, 0.6) is 0 Å². The Labute approximate surface area is 128 Å². The van der Waals surface area contributed by atoms with Gasteiger partial charge in [-0.05, 0) is 41.6 Å². The highest BCUT2D eigenvalue weighted by Gasteiger charge is 2.25. The quantitative estimate of drug-likeness (QED) is 0.843. The molecule has 2 aliphatic rings. The molecule has 0 N–H and O–H groups in total. The molecule has 0 bridgehead atoms.